The molecule has 6 heteroatoms. The Hall–Kier alpha value is -0.550. The largest absolute Gasteiger partial charge is 0.271 e. The van der Waals surface area contributed by atoms with Crippen LogP contribution in [0.25, 0.3) is 0 Å². The molecule has 1 aromatic rings. The fraction of sp³-hybridized carbons (Fsp3) is 0.571. The van der Waals surface area contributed by atoms with Gasteiger partial charge in [-0.1, -0.05) is 11.8 Å². The fourth-order valence-electron chi connectivity index (χ4n) is 1.21. The van der Waals surface area contributed by atoms with E-state index < -0.39 is 0 Å². The van der Waals surface area contributed by atoms with E-state index in [0.717, 1.165) is 0 Å². The number of rotatable bonds is 2. The Morgan fingerprint density at radius 3 is 3.08 bits per heavy atom. The molecule has 1 atom stereocenters. The Morgan fingerprint density at radius 2 is 2.46 bits per heavy atom. The second kappa shape index (κ2) is 3.31. The van der Waals surface area contributed by atoms with E-state index >= 15 is 0 Å². The summed E-state index contributed by atoms with van der Waals surface area (Å²) in [4.78, 5) is 15.7. The minimum absolute atomic E-state index is 0.00116. The van der Waals surface area contributed by atoms with E-state index in [9.17, 15) is 4.79 Å². The molecular weight excluding hydrogens is 210 g/mol. The van der Waals surface area contributed by atoms with Crippen LogP contribution in [0.15, 0.2) is 5.16 Å². The van der Waals surface area contributed by atoms with Crippen molar-refractivity contribution in [3.63, 3.8) is 0 Å². The number of carbonyl (C=O) groups excluding carboxylic acids is 1. The van der Waals surface area contributed by atoms with E-state index in [4.69, 9.17) is 11.6 Å². The average molecular weight is 218 g/mol. The smallest absolute Gasteiger partial charge is 0.262 e. The van der Waals surface area contributed by atoms with Crippen LogP contribution in [-0.4, -0.2) is 31.8 Å². The van der Waals surface area contributed by atoms with Crippen LogP contribution >= 0.6 is 23.4 Å². The van der Waals surface area contributed by atoms with Crippen LogP contribution in [-0.2, 0) is 0 Å². The summed E-state index contributed by atoms with van der Waals surface area (Å²) in [5, 5.41) is 4.60. The highest BCUT2D eigenvalue weighted by Gasteiger charge is 2.33. The molecule has 0 bridgehead atoms. The molecule has 13 heavy (non-hydrogen) atoms. The zero-order chi connectivity index (χ0) is 9.42. The molecule has 70 valence electrons. The highest BCUT2D eigenvalue weighted by atomic mass is 35.5. The lowest BCUT2D eigenvalue weighted by Gasteiger charge is -2.01. The molecule has 0 saturated carbocycles. The average Bonchev–Trinajstić information content (AvgIpc) is 2.54. The number of hydrogen-bond donors (Lipinski definition) is 0. The fourth-order valence-corrected chi connectivity index (χ4v) is 2.66. The van der Waals surface area contributed by atoms with E-state index in [2.05, 4.69) is 10.1 Å². The zero-order valence-corrected chi connectivity index (χ0v) is 8.60. The van der Waals surface area contributed by atoms with Crippen LogP contribution < -0.4 is 0 Å². The molecule has 0 spiro atoms. The SMILES string of the molecule is Cc1nc2n(n1)C(=O)[C@H](CCCl)S2. The Labute approximate surface area is 84.7 Å². The first-order valence-corrected chi connectivity index (χ1v) is 5.34. The van der Waals surface area contributed by atoms with Crippen molar-refractivity contribution < 1.29 is 4.79 Å². The van der Waals surface area contributed by atoms with Gasteiger partial charge in [0, 0.05) is 5.88 Å². The standard InChI is InChI=1S/C7H8ClN3OS/c1-4-9-7-11(10-4)6(12)5(13-7)2-3-8/h5H,2-3H2,1H3/t5-/m0/s1. The van der Waals surface area contributed by atoms with Crippen LogP contribution in [0, 0.1) is 6.92 Å². The van der Waals surface area contributed by atoms with Crippen molar-refractivity contribution in [2.75, 3.05) is 5.88 Å². The van der Waals surface area contributed by atoms with Crippen molar-refractivity contribution in [3.05, 3.63) is 5.82 Å². The van der Waals surface area contributed by atoms with Crippen LogP contribution in [0.2, 0.25) is 0 Å². The van der Waals surface area contributed by atoms with Crippen molar-refractivity contribution in [2.24, 2.45) is 0 Å². The highest BCUT2D eigenvalue weighted by molar-refractivity contribution is 8.00. The van der Waals surface area contributed by atoms with Crippen molar-refractivity contribution >= 4 is 29.3 Å². The van der Waals surface area contributed by atoms with Gasteiger partial charge < -0.3 is 0 Å². The molecule has 0 radical (unpaired) electrons. The molecule has 0 fully saturated rings. The van der Waals surface area contributed by atoms with E-state index in [1.807, 2.05) is 0 Å². The van der Waals surface area contributed by atoms with Gasteiger partial charge in [0.2, 0.25) is 0 Å². The Morgan fingerprint density at radius 1 is 1.69 bits per heavy atom. The molecule has 0 aliphatic carbocycles. The number of aryl methyl sites for hydroxylation is 1. The molecule has 0 aromatic carbocycles. The van der Waals surface area contributed by atoms with Crippen LogP contribution in [0.4, 0.5) is 0 Å². The summed E-state index contributed by atoms with van der Waals surface area (Å²) in [7, 11) is 0. The number of thioether (sulfide) groups is 1. The van der Waals surface area contributed by atoms with E-state index in [1.54, 1.807) is 6.92 Å². The third kappa shape index (κ3) is 1.46. The number of fused-ring (bicyclic) bond motifs is 1. The van der Waals surface area contributed by atoms with Gasteiger partial charge in [0.1, 0.15) is 5.82 Å². The molecule has 0 unspecified atom stereocenters. The van der Waals surface area contributed by atoms with E-state index in [0.29, 0.717) is 23.3 Å². The molecule has 1 aliphatic rings. The van der Waals surface area contributed by atoms with Gasteiger partial charge in [-0.2, -0.15) is 4.68 Å². The minimum Gasteiger partial charge on any atom is -0.271 e. The number of halogens is 1. The van der Waals surface area contributed by atoms with Crippen LogP contribution in [0.5, 0.6) is 0 Å². The lowest BCUT2D eigenvalue weighted by molar-refractivity contribution is 0.0891. The molecule has 0 N–H and O–H groups in total. The van der Waals surface area contributed by atoms with Crippen molar-refractivity contribution in [1.29, 1.82) is 0 Å². The third-order valence-electron chi connectivity index (χ3n) is 1.79. The number of carbonyl (C=O) groups is 1. The molecule has 0 saturated heterocycles. The summed E-state index contributed by atoms with van der Waals surface area (Å²) in [5.41, 5.74) is 0. The summed E-state index contributed by atoms with van der Waals surface area (Å²) >= 11 is 7.02. The third-order valence-corrected chi connectivity index (χ3v) is 3.20. The van der Waals surface area contributed by atoms with Crippen LogP contribution in [0.3, 0.4) is 0 Å². The predicted octanol–water partition coefficient (Wildman–Crippen LogP) is 1.33. The molecule has 1 aromatic heterocycles. The molecule has 0 amide bonds. The zero-order valence-electron chi connectivity index (χ0n) is 7.03. The Balaban J connectivity index is 2.25. The summed E-state index contributed by atoms with van der Waals surface area (Å²) in [6.07, 6.45) is 0.676. The van der Waals surface area contributed by atoms with Gasteiger partial charge in [-0.05, 0) is 13.3 Å². The van der Waals surface area contributed by atoms with Crippen molar-refractivity contribution in [1.82, 2.24) is 14.8 Å². The molecular formula is C7H8ClN3OS. The van der Waals surface area contributed by atoms with Gasteiger partial charge in [-0.15, -0.1) is 16.7 Å². The molecule has 4 nitrogen and oxygen atoms in total. The first kappa shape index (κ1) is 9.02. The van der Waals surface area contributed by atoms with Gasteiger partial charge in [-0.3, -0.25) is 4.79 Å². The number of nitrogens with zero attached hydrogens (tertiary/aromatic N) is 3. The summed E-state index contributed by atoms with van der Waals surface area (Å²) in [5.74, 6) is 1.13. The van der Waals surface area contributed by atoms with Crippen molar-refractivity contribution in [3.8, 4) is 0 Å². The molecule has 2 heterocycles. The van der Waals surface area contributed by atoms with E-state index in [1.165, 1.54) is 16.4 Å². The first-order chi connectivity index (χ1) is 6.22. The molecule has 2 rings (SSSR count). The second-order valence-electron chi connectivity index (χ2n) is 2.78. The summed E-state index contributed by atoms with van der Waals surface area (Å²) in [6, 6.07) is 0. The predicted molar refractivity (Wildman–Crippen MR) is 50.4 cm³/mol. The normalized spacial score (nSPS) is 20.8. The molecule has 1 aliphatic heterocycles. The topological polar surface area (TPSA) is 47.8 Å². The number of hydrogen-bond acceptors (Lipinski definition) is 4. The monoisotopic (exact) mass is 217 g/mol. The van der Waals surface area contributed by atoms with E-state index in [-0.39, 0.29) is 11.2 Å². The maximum atomic E-state index is 11.6. The number of aromatic nitrogens is 3. The second-order valence-corrected chi connectivity index (χ2v) is 4.32. The maximum absolute atomic E-state index is 11.6. The summed E-state index contributed by atoms with van der Waals surface area (Å²) < 4.78 is 1.37. The van der Waals surface area contributed by atoms with Crippen LogP contribution in [0.1, 0.15) is 17.0 Å². The lowest BCUT2D eigenvalue weighted by atomic mass is 10.3. The lowest BCUT2D eigenvalue weighted by Crippen LogP contribution is -2.19. The van der Waals surface area contributed by atoms with Crippen molar-refractivity contribution in [2.45, 2.75) is 23.8 Å². The first-order valence-electron chi connectivity index (χ1n) is 3.93. The number of alkyl halides is 1. The van der Waals surface area contributed by atoms with Gasteiger partial charge in [0.05, 0.1) is 5.25 Å². The maximum Gasteiger partial charge on any atom is 0.262 e. The van der Waals surface area contributed by atoms with Gasteiger partial charge in [0.15, 0.2) is 5.16 Å². The Bertz CT molecular complexity index is 352. The van der Waals surface area contributed by atoms with Gasteiger partial charge in [0.25, 0.3) is 5.91 Å². The highest BCUT2D eigenvalue weighted by Crippen LogP contribution is 2.31. The Kier molecular flexibility index (Phi) is 2.29. The summed E-state index contributed by atoms with van der Waals surface area (Å²) in [6.45, 7) is 1.77. The van der Waals surface area contributed by atoms with Gasteiger partial charge in [-0.25, -0.2) is 4.98 Å². The quantitative estimate of drug-likeness (QED) is 0.702. The minimum atomic E-state index is -0.0897. The van der Waals surface area contributed by atoms with Gasteiger partial charge >= 0.3 is 0 Å².